The molecular formula is C21H17N5OS. The number of thioether (sulfide) groups is 1. The van der Waals surface area contributed by atoms with Crippen LogP contribution in [0.4, 0.5) is 0 Å². The summed E-state index contributed by atoms with van der Waals surface area (Å²) in [7, 11) is 1.93. The number of hydrogen-bond donors (Lipinski definition) is 0. The Hall–Kier alpha value is -3.37. The van der Waals surface area contributed by atoms with E-state index in [1.807, 2.05) is 41.9 Å². The van der Waals surface area contributed by atoms with Crippen LogP contribution in [0.15, 0.2) is 70.6 Å². The summed E-state index contributed by atoms with van der Waals surface area (Å²) in [5.74, 6) is 0.690. The van der Waals surface area contributed by atoms with Crippen LogP contribution >= 0.6 is 11.8 Å². The van der Waals surface area contributed by atoms with Gasteiger partial charge in [0, 0.05) is 29.5 Å². The molecule has 0 aliphatic carbocycles. The SMILES string of the molecule is CC(Sc1nncn1C)c1cccc(-c2cc(-c3cccc(C#N)c3)no2)c1. The van der Waals surface area contributed by atoms with Crippen molar-refractivity contribution >= 4 is 11.8 Å². The molecule has 2 heterocycles. The van der Waals surface area contributed by atoms with Gasteiger partial charge in [-0.25, -0.2) is 0 Å². The second-order valence-electron chi connectivity index (χ2n) is 6.38. The third-order valence-corrected chi connectivity index (χ3v) is 5.60. The Labute approximate surface area is 166 Å². The van der Waals surface area contributed by atoms with Gasteiger partial charge in [0.15, 0.2) is 10.9 Å². The van der Waals surface area contributed by atoms with Gasteiger partial charge in [0.1, 0.15) is 12.0 Å². The van der Waals surface area contributed by atoms with Gasteiger partial charge in [-0.3, -0.25) is 0 Å². The summed E-state index contributed by atoms with van der Waals surface area (Å²) in [6.07, 6.45) is 1.70. The predicted octanol–water partition coefficient (Wildman–Crippen LogP) is 4.86. The largest absolute Gasteiger partial charge is 0.356 e. The third kappa shape index (κ3) is 3.68. The van der Waals surface area contributed by atoms with Crippen LogP contribution in [-0.4, -0.2) is 19.9 Å². The quantitative estimate of drug-likeness (QED) is 0.455. The lowest BCUT2D eigenvalue weighted by molar-refractivity contribution is 0.435. The maximum atomic E-state index is 9.08. The summed E-state index contributed by atoms with van der Waals surface area (Å²) < 4.78 is 7.48. The van der Waals surface area contributed by atoms with Crippen LogP contribution in [0.3, 0.4) is 0 Å². The van der Waals surface area contributed by atoms with Crippen molar-refractivity contribution < 1.29 is 4.52 Å². The van der Waals surface area contributed by atoms with Gasteiger partial charge in [0.25, 0.3) is 0 Å². The minimum absolute atomic E-state index is 0.206. The van der Waals surface area contributed by atoms with Crippen LogP contribution in [0.2, 0.25) is 0 Å². The summed E-state index contributed by atoms with van der Waals surface area (Å²) >= 11 is 1.65. The molecule has 0 spiro atoms. The van der Waals surface area contributed by atoms with Crippen LogP contribution in [-0.2, 0) is 7.05 Å². The number of benzene rings is 2. The fraction of sp³-hybridized carbons (Fsp3) is 0.143. The molecule has 138 valence electrons. The molecule has 6 nitrogen and oxygen atoms in total. The Morgan fingerprint density at radius 2 is 1.93 bits per heavy atom. The maximum absolute atomic E-state index is 9.08. The molecule has 4 rings (SSSR count). The number of nitrogens with zero attached hydrogens (tertiary/aromatic N) is 5. The average molecular weight is 387 g/mol. The lowest BCUT2D eigenvalue weighted by Crippen LogP contribution is -1.94. The van der Waals surface area contributed by atoms with Gasteiger partial charge in [0.05, 0.1) is 11.6 Å². The second-order valence-corrected chi connectivity index (χ2v) is 7.69. The van der Waals surface area contributed by atoms with E-state index in [0.717, 1.165) is 21.8 Å². The van der Waals surface area contributed by atoms with E-state index in [1.165, 1.54) is 0 Å². The fourth-order valence-corrected chi connectivity index (χ4v) is 3.75. The molecule has 0 amide bonds. The summed E-state index contributed by atoms with van der Waals surface area (Å²) in [6, 6.07) is 19.6. The maximum Gasteiger partial charge on any atom is 0.191 e. The van der Waals surface area contributed by atoms with Crippen molar-refractivity contribution in [2.45, 2.75) is 17.3 Å². The highest BCUT2D eigenvalue weighted by Gasteiger charge is 2.14. The molecule has 0 radical (unpaired) electrons. The molecule has 28 heavy (non-hydrogen) atoms. The smallest absolute Gasteiger partial charge is 0.191 e. The van der Waals surface area contributed by atoms with Gasteiger partial charge in [0.2, 0.25) is 0 Å². The van der Waals surface area contributed by atoms with Crippen LogP contribution in [0.25, 0.3) is 22.6 Å². The van der Waals surface area contributed by atoms with Gasteiger partial charge in [-0.1, -0.05) is 47.3 Å². The molecule has 0 fully saturated rings. The summed E-state index contributed by atoms with van der Waals surface area (Å²) in [4.78, 5) is 0. The van der Waals surface area contributed by atoms with E-state index in [0.29, 0.717) is 17.0 Å². The van der Waals surface area contributed by atoms with E-state index in [4.69, 9.17) is 9.78 Å². The molecule has 0 bridgehead atoms. The van der Waals surface area contributed by atoms with Gasteiger partial charge in [-0.05, 0) is 30.7 Å². The molecule has 1 atom stereocenters. The fourth-order valence-electron chi connectivity index (χ4n) is 2.85. The molecule has 7 heteroatoms. The van der Waals surface area contributed by atoms with Crippen LogP contribution < -0.4 is 0 Å². The molecular weight excluding hydrogens is 370 g/mol. The van der Waals surface area contributed by atoms with E-state index in [2.05, 4.69) is 40.5 Å². The zero-order valence-electron chi connectivity index (χ0n) is 15.4. The number of rotatable bonds is 5. The average Bonchev–Trinajstić information content (AvgIpc) is 3.38. The van der Waals surface area contributed by atoms with Crippen LogP contribution in [0.5, 0.6) is 0 Å². The Morgan fingerprint density at radius 3 is 2.71 bits per heavy atom. The second kappa shape index (κ2) is 7.71. The van der Waals surface area contributed by atoms with Gasteiger partial charge < -0.3 is 9.09 Å². The third-order valence-electron chi connectivity index (χ3n) is 4.39. The highest BCUT2D eigenvalue weighted by atomic mass is 32.2. The van der Waals surface area contributed by atoms with Crippen molar-refractivity contribution in [1.82, 2.24) is 19.9 Å². The Kier molecular flexibility index (Phi) is 4.96. The number of aryl methyl sites for hydroxylation is 1. The minimum Gasteiger partial charge on any atom is -0.356 e. The minimum atomic E-state index is 0.206. The summed E-state index contributed by atoms with van der Waals surface area (Å²) in [5.41, 5.74) is 4.28. The van der Waals surface area contributed by atoms with Crippen molar-refractivity contribution in [3.05, 3.63) is 72.1 Å². The van der Waals surface area contributed by atoms with E-state index in [9.17, 15) is 0 Å². The topological polar surface area (TPSA) is 80.5 Å². The Balaban J connectivity index is 1.59. The van der Waals surface area contributed by atoms with Crippen molar-refractivity contribution in [1.29, 1.82) is 5.26 Å². The van der Waals surface area contributed by atoms with Crippen molar-refractivity contribution in [2.24, 2.45) is 7.05 Å². The van der Waals surface area contributed by atoms with E-state index >= 15 is 0 Å². The van der Waals surface area contributed by atoms with Crippen molar-refractivity contribution in [2.75, 3.05) is 0 Å². The molecule has 4 aromatic rings. The van der Waals surface area contributed by atoms with Crippen molar-refractivity contribution in [3.8, 4) is 28.7 Å². The van der Waals surface area contributed by atoms with E-state index in [-0.39, 0.29) is 5.25 Å². The summed E-state index contributed by atoms with van der Waals surface area (Å²) in [5, 5.41) is 22.4. The Morgan fingerprint density at radius 1 is 1.11 bits per heavy atom. The molecule has 2 aromatic carbocycles. The molecule has 0 N–H and O–H groups in total. The molecule has 0 saturated heterocycles. The van der Waals surface area contributed by atoms with Gasteiger partial charge >= 0.3 is 0 Å². The standard InChI is InChI=1S/C21H17N5OS/c1-14(28-21-24-23-13-26(21)2)16-6-4-8-18(10-16)20-11-19(25-27-20)17-7-3-5-15(9-17)12-22/h3-11,13-14H,1-2H3. The Bertz CT molecular complexity index is 1160. The normalized spacial score (nSPS) is 11.9. The summed E-state index contributed by atoms with van der Waals surface area (Å²) in [6.45, 7) is 2.14. The zero-order valence-corrected chi connectivity index (χ0v) is 16.2. The van der Waals surface area contributed by atoms with Gasteiger partial charge in [-0.2, -0.15) is 5.26 Å². The van der Waals surface area contributed by atoms with E-state index in [1.54, 1.807) is 30.2 Å². The molecule has 0 aliphatic heterocycles. The molecule has 2 aromatic heterocycles. The van der Waals surface area contributed by atoms with Crippen LogP contribution in [0.1, 0.15) is 23.3 Å². The van der Waals surface area contributed by atoms with E-state index < -0.39 is 0 Å². The molecule has 0 saturated carbocycles. The first kappa shape index (κ1) is 18.0. The van der Waals surface area contributed by atoms with Crippen LogP contribution in [0, 0.1) is 11.3 Å². The lowest BCUT2D eigenvalue weighted by atomic mass is 10.0. The highest BCUT2D eigenvalue weighted by Crippen LogP contribution is 2.35. The number of aromatic nitrogens is 4. The first-order chi connectivity index (χ1) is 13.6. The van der Waals surface area contributed by atoms with Gasteiger partial charge in [-0.15, -0.1) is 10.2 Å². The highest BCUT2D eigenvalue weighted by molar-refractivity contribution is 7.99. The monoisotopic (exact) mass is 387 g/mol. The molecule has 1 unspecified atom stereocenters. The van der Waals surface area contributed by atoms with Crippen molar-refractivity contribution in [3.63, 3.8) is 0 Å². The predicted molar refractivity (Wildman–Crippen MR) is 107 cm³/mol. The number of nitriles is 1. The zero-order chi connectivity index (χ0) is 19.5. The first-order valence-electron chi connectivity index (χ1n) is 8.72. The lowest BCUT2D eigenvalue weighted by Gasteiger charge is -2.11. The number of hydrogen-bond acceptors (Lipinski definition) is 6. The molecule has 0 aliphatic rings. The first-order valence-corrected chi connectivity index (χ1v) is 9.60.